The van der Waals surface area contributed by atoms with Crippen LogP contribution in [0.5, 0.6) is 0 Å². The Morgan fingerprint density at radius 2 is 1.76 bits per heavy atom. The molecule has 1 aliphatic rings. The third-order valence-electron chi connectivity index (χ3n) is 3.73. The van der Waals surface area contributed by atoms with Crippen molar-refractivity contribution in [3.8, 4) is 0 Å². The molecule has 1 heterocycles. The number of piperidine rings is 1. The van der Waals surface area contributed by atoms with Crippen molar-refractivity contribution in [2.45, 2.75) is 12.8 Å². The minimum Gasteiger partial charge on any atom is -0.371 e. The summed E-state index contributed by atoms with van der Waals surface area (Å²) >= 11 is 0. The monoisotopic (exact) mass is 240 g/mol. The summed E-state index contributed by atoms with van der Waals surface area (Å²) in [4.78, 5) is 2.16. The molecule has 0 aromatic heterocycles. The van der Waals surface area contributed by atoms with Crippen molar-refractivity contribution in [2.75, 3.05) is 31.2 Å². The summed E-state index contributed by atoms with van der Waals surface area (Å²) in [6.45, 7) is 1.63. The summed E-state index contributed by atoms with van der Waals surface area (Å²) in [5, 5.41) is 0. The number of alkyl halides is 1. The number of hydrogen-bond donors (Lipinski definition) is 1. The molecule has 1 aromatic carbocycles. The van der Waals surface area contributed by atoms with Crippen molar-refractivity contribution in [2.24, 2.45) is 11.1 Å². The molecule has 0 atom stereocenters. The number of benzene rings is 1. The van der Waals surface area contributed by atoms with Crippen molar-refractivity contribution in [1.82, 2.24) is 0 Å². The first-order chi connectivity index (χ1) is 8.19. The number of rotatable bonds is 3. The summed E-state index contributed by atoms with van der Waals surface area (Å²) < 4.78 is 25.8. The van der Waals surface area contributed by atoms with Gasteiger partial charge in [0.15, 0.2) is 0 Å². The van der Waals surface area contributed by atoms with Crippen LogP contribution in [0.1, 0.15) is 12.8 Å². The van der Waals surface area contributed by atoms with Crippen LogP contribution in [0.2, 0.25) is 0 Å². The fourth-order valence-corrected chi connectivity index (χ4v) is 2.28. The Kier molecular flexibility index (Phi) is 3.62. The van der Waals surface area contributed by atoms with E-state index in [4.69, 9.17) is 5.73 Å². The molecule has 2 N–H and O–H groups in total. The molecule has 0 bridgehead atoms. The maximum absolute atomic E-state index is 13.0. The van der Waals surface area contributed by atoms with Gasteiger partial charge in [0.2, 0.25) is 0 Å². The van der Waals surface area contributed by atoms with Crippen LogP contribution in [0, 0.1) is 11.2 Å². The average molecular weight is 240 g/mol. The Morgan fingerprint density at radius 3 is 2.24 bits per heavy atom. The molecule has 0 saturated carbocycles. The van der Waals surface area contributed by atoms with Gasteiger partial charge in [-0.15, -0.1) is 0 Å². The van der Waals surface area contributed by atoms with Gasteiger partial charge < -0.3 is 10.6 Å². The number of halogens is 2. The molecular formula is C13H18F2N2. The van der Waals surface area contributed by atoms with Gasteiger partial charge in [0.1, 0.15) is 5.82 Å². The zero-order chi connectivity index (χ0) is 12.3. The second-order valence-electron chi connectivity index (χ2n) is 4.80. The molecular weight excluding hydrogens is 222 g/mol. The first-order valence-corrected chi connectivity index (χ1v) is 5.96. The average Bonchev–Trinajstić information content (AvgIpc) is 2.40. The summed E-state index contributed by atoms with van der Waals surface area (Å²) in [6, 6.07) is 6.44. The van der Waals surface area contributed by atoms with Gasteiger partial charge in [0, 0.05) is 30.7 Å². The SMILES string of the molecule is NCC1(CF)CCN(c2ccc(F)cc2)CC1. The topological polar surface area (TPSA) is 29.3 Å². The molecule has 1 aliphatic heterocycles. The van der Waals surface area contributed by atoms with Crippen LogP contribution in [0.15, 0.2) is 24.3 Å². The molecule has 1 fully saturated rings. The molecule has 17 heavy (non-hydrogen) atoms. The Hall–Kier alpha value is -1.16. The molecule has 1 aromatic rings. The second kappa shape index (κ2) is 5.00. The van der Waals surface area contributed by atoms with Gasteiger partial charge in [-0.25, -0.2) is 4.39 Å². The lowest BCUT2D eigenvalue weighted by Gasteiger charge is -2.40. The van der Waals surface area contributed by atoms with Gasteiger partial charge in [-0.2, -0.15) is 0 Å². The first-order valence-electron chi connectivity index (χ1n) is 5.96. The summed E-state index contributed by atoms with van der Waals surface area (Å²) in [6.07, 6.45) is 1.52. The van der Waals surface area contributed by atoms with Crippen LogP contribution in [0.4, 0.5) is 14.5 Å². The number of hydrogen-bond acceptors (Lipinski definition) is 2. The van der Waals surface area contributed by atoms with Gasteiger partial charge in [-0.05, 0) is 37.1 Å². The minimum atomic E-state index is -0.346. The summed E-state index contributed by atoms with van der Waals surface area (Å²) in [5.74, 6) is -0.231. The van der Waals surface area contributed by atoms with E-state index in [0.717, 1.165) is 31.6 Å². The quantitative estimate of drug-likeness (QED) is 0.878. The highest BCUT2D eigenvalue weighted by atomic mass is 19.1. The second-order valence-corrected chi connectivity index (χ2v) is 4.80. The van der Waals surface area contributed by atoms with Gasteiger partial charge in [-0.1, -0.05) is 0 Å². The standard InChI is InChI=1S/C13H18F2N2/c14-9-13(10-16)5-7-17(8-6-13)12-3-1-11(15)2-4-12/h1-4H,5-10,16H2. The molecule has 0 unspecified atom stereocenters. The fraction of sp³-hybridized carbons (Fsp3) is 0.538. The molecule has 2 nitrogen and oxygen atoms in total. The Bertz CT molecular complexity index is 350. The lowest BCUT2D eigenvalue weighted by molar-refractivity contribution is 0.168. The number of anilines is 1. The Balaban J connectivity index is 2.01. The van der Waals surface area contributed by atoms with E-state index in [2.05, 4.69) is 4.90 Å². The van der Waals surface area contributed by atoms with Gasteiger partial charge in [-0.3, -0.25) is 4.39 Å². The van der Waals surface area contributed by atoms with Crippen LogP contribution in [0.3, 0.4) is 0 Å². The van der Waals surface area contributed by atoms with Crippen LogP contribution in [-0.2, 0) is 0 Å². The zero-order valence-corrected chi connectivity index (χ0v) is 9.83. The number of nitrogens with zero attached hydrogens (tertiary/aromatic N) is 1. The predicted molar refractivity (Wildman–Crippen MR) is 65.3 cm³/mol. The number of nitrogens with two attached hydrogens (primary N) is 1. The molecule has 0 spiro atoms. The summed E-state index contributed by atoms with van der Waals surface area (Å²) in [7, 11) is 0. The smallest absolute Gasteiger partial charge is 0.123 e. The van der Waals surface area contributed by atoms with Crippen molar-refractivity contribution < 1.29 is 8.78 Å². The predicted octanol–water partition coefficient (Wildman–Crippen LogP) is 2.34. The van der Waals surface area contributed by atoms with E-state index >= 15 is 0 Å². The van der Waals surface area contributed by atoms with Crippen LogP contribution < -0.4 is 10.6 Å². The molecule has 0 amide bonds. The highest BCUT2D eigenvalue weighted by molar-refractivity contribution is 5.46. The van der Waals surface area contributed by atoms with Crippen molar-refractivity contribution >= 4 is 5.69 Å². The lowest BCUT2D eigenvalue weighted by atomic mass is 9.79. The van der Waals surface area contributed by atoms with E-state index in [9.17, 15) is 8.78 Å². The van der Waals surface area contributed by atoms with Crippen molar-refractivity contribution in [3.63, 3.8) is 0 Å². The summed E-state index contributed by atoms with van der Waals surface area (Å²) in [5.41, 5.74) is 6.30. The molecule has 4 heteroatoms. The molecule has 2 rings (SSSR count). The third-order valence-corrected chi connectivity index (χ3v) is 3.73. The highest BCUT2D eigenvalue weighted by Crippen LogP contribution is 2.32. The zero-order valence-electron chi connectivity index (χ0n) is 9.83. The van der Waals surface area contributed by atoms with E-state index in [1.165, 1.54) is 12.1 Å². The molecule has 0 radical (unpaired) electrons. The first kappa shape index (κ1) is 12.3. The van der Waals surface area contributed by atoms with E-state index < -0.39 is 0 Å². The van der Waals surface area contributed by atoms with Crippen molar-refractivity contribution in [1.29, 1.82) is 0 Å². The lowest BCUT2D eigenvalue weighted by Crippen LogP contribution is -2.45. The third kappa shape index (κ3) is 2.57. The fourth-order valence-electron chi connectivity index (χ4n) is 2.28. The maximum Gasteiger partial charge on any atom is 0.123 e. The van der Waals surface area contributed by atoms with Crippen molar-refractivity contribution in [3.05, 3.63) is 30.1 Å². The van der Waals surface area contributed by atoms with Gasteiger partial charge >= 0.3 is 0 Å². The van der Waals surface area contributed by atoms with Crippen LogP contribution in [-0.4, -0.2) is 26.3 Å². The van der Waals surface area contributed by atoms with E-state index in [1.807, 2.05) is 0 Å². The van der Waals surface area contributed by atoms with Crippen LogP contribution in [0.25, 0.3) is 0 Å². The van der Waals surface area contributed by atoms with Crippen LogP contribution >= 0.6 is 0 Å². The highest BCUT2D eigenvalue weighted by Gasteiger charge is 2.33. The normalized spacial score (nSPS) is 19.4. The maximum atomic E-state index is 13.0. The Labute approximate surface area is 100 Å². The van der Waals surface area contributed by atoms with Gasteiger partial charge in [0.25, 0.3) is 0 Å². The van der Waals surface area contributed by atoms with E-state index in [0.29, 0.717) is 6.54 Å². The Morgan fingerprint density at radius 1 is 1.18 bits per heavy atom. The molecule has 0 aliphatic carbocycles. The van der Waals surface area contributed by atoms with Gasteiger partial charge in [0.05, 0.1) is 6.67 Å². The van der Waals surface area contributed by atoms with E-state index in [1.54, 1.807) is 12.1 Å². The van der Waals surface area contributed by atoms with E-state index in [-0.39, 0.29) is 17.9 Å². The molecule has 1 saturated heterocycles. The molecule has 94 valence electrons. The minimum absolute atomic E-state index is 0.231. The largest absolute Gasteiger partial charge is 0.371 e.